The van der Waals surface area contributed by atoms with Crippen LogP contribution in [0.3, 0.4) is 0 Å². The van der Waals surface area contributed by atoms with Crippen LogP contribution >= 0.6 is 11.6 Å². The lowest BCUT2D eigenvalue weighted by atomic mass is 9.84. The second-order valence-electron chi connectivity index (χ2n) is 7.70. The van der Waals surface area contributed by atoms with E-state index in [9.17, 15) is 0 Å². The van der Waals surface area contributed by atoms with Crippen molar-refractivity contribution >= 4 is 17.6 Å². The molecule has 1 heterocycles. The summed E-state index contributed by atoms with van der Waals surface area (Å²) in [6.07, 6.45) is 3.38. The number of guanidine groups is 1. The van der Waals surface area contributed by atoms with Crippen LogP contribution in [0.15, 0.2) is 29.3 Å². The molecule has 1 N–H and O–H groups in total. The SMILES string of the molecule is CN=C(NCC(C)(C)c1ccc(Cl)cc1)N1CCC(OCCCOC)CC1. The summed E-state index contributed by atoms with van der Waals surface area (Å²) in [4.78, 5) is 6.81. The Kier molecular flexibility index (Phi) is 8.87. The number of halogens is 1. The van der Waals surface area contributed by atoms with Crippen molar-refractivity contribution in [1.29, 1.82) is 0 Å². The van der Waals surface area contributed by atoms with Crippen molar-refractivity contribution < 1.29 is 9.47 Å². The summed E-state index contributed by atoms with van der Waals surface area (Å²) in [7, 11) is 3.58. The lowest BCUT2D eigenvalue weighted by Gasteiger charge is -2.35. The number of ether oxygens (including phenoxy) is 2. The molecule has 152 valence electrons. The minimum absolute atomic E-state index is 0.0106. The van der Waals surface area contributed by atoms with Crippen LogP contribution in [0.1, 0.15) is 38.7 Å². The van der Waals surface area contributed by atoms with Crippen molar-refractivity contribution in [2.75, 3.05) is 47.0 Å². The molecule has 0 spiro atoms. The summed E-state index contributed by atoms with van der Waals surface area (Å²) >= 11 is 6.01. The molecule has 0 bridgehead atoms. The average Bonchev–Trinajstić information content (AvgIpc) is 2.67. The number of methoxy groups -OCH3 is 1. The van der Waals surface area contributed by atoms with Crippen LogP contribution < -0.4 is 5.32 Å². The van der Waals surface area contributed by atoms with Gasteiger partial charge in [-0.05, 0) is 37.0 Å². The lowest BCUT2D eigenvalue weighted by Crippen LogP contribution is -2.49. The highest BCUT2D eigenvalue weighted by Crippen LogP contribution is 2.24. The molecule has 1 aromatic rings. The number of likely N-dealkylation sites (tertiary alicyclic amines) is 1. The van der Waals surface area contributed by atoms with Gasteiger partial charge in [-0.3, -0.25) is 4.99 Å². The fraction of sp³-hybridized carbons (Fsp3) is 0.667. The first kappa shape index (κ1) is 22.0. The van der Waals surface area contributed by atoms with E-state index in [2.05, 4.69) is 41.2 Å². The quantitative estimate of drug-likeness (QED) is 0.414. The Hall–Kier alpha value is -1.30. The fourth-order valence-corrected chi connectivity index (χ4v) is 3.45. The first-order valence-corrected chi connectivity index (χ1v) is 10.2. The molecule has 0 radical (unpaired) electrons. The largest absolute Gasteiger partial charge is 0.385 e. The smallest absolute Gasteiger partial charge is 0.193 e. The molecule has 0 aromatic heterocycles. The Morgan fingerprint density at radius 1 is 1.22 bits per heavy atom. The highest BCUT2D eigenvalue weighted by Gasteiger charge is 2.25. The van der Waals surface area contributed by atoms with E-state index in [-0.39, 0.29) is 5.41 Å². The summed E-state index contributed by atoms with van der Waals surface area (Å²) in [6, 6.07) is 8.09. The number of hydrogen-bond donors (Lipinski definition) is 1. The second kappa shape index (κ2) is 10.9. The zero-order valence-electron chi connectivity index (χ0n) is 17.1. The molecule has 1 saturated heterocycles. The lowest BCUT2D eigenvalue weighted by molar-refractivity contribution is 0.00987. The molecule has 27 heavy (non-hydrogen) atoms. The zero-order valence-corrected chi connectivity index (χ0v) is 17.9. The number of nitrogens with one attached hydrogen (secondary N) is 1. The van der Waals surface area contributed by atoms with Gasteiger partial charge in [0.05, 0.1) is 6.10 Å². The van der Waals surface area contributed by atoms with Gasteiger partial charge < -0.3 is 19.7 Å². The van der Waals surface area contributed by atoms with Gasteiger partial charge in [0.15, 0.2) is 5.96 Å². The summed E-state index contributed by atoms with van der Waals surface area (Å²) in [5.41, 5.74) is 1.25. The first-order valence-electron chi connectivity index (χ1n) is 9.78. The maximum absolute atomic E-state index is 6.01. The Labute approximate surface area is 169 Å². The highest BCUT2D eigenvalue weighted by atomic mass is 35.5. The molecular weight excluding hydrogens is 362 g/mol. The predicted molar refractivity (Wildman–Crippen MR) is 113 cm³/mol. The Morgan fingerprint density at radius 2 is 1.89 bits per heavy atom. The molecule has 1 aliphatic rings. The third kappa shape index (κ3) is 6.98. The highest BCUT2D eigenvalue weighted by molar-refractivity contribution is 6.30. The average molecular weight is 396 g/mol. The maximum atomic E-state index is 6.01. The van der Waals surface area contributed by atoms with E-state index in [1.54, 1.807) is 7.11 Å². The van der Waals surface area contributed by atoms with Crippen LogP contribution in [0.4, 0.5) is 0 Å². The van der Waals surface area contributed by atoms with E-state index >= 15 is 0 Å². The van der Waals surface area contributed by atoms with Crippen molar-refractivity contribution in [3.63, 3.8) is 0 Å². The molecule has 0 atom stereocenters. The summed E-state index contributed by atoms with van der Waals surface area (Å²) in [5.74, 6) is 0.967. The van der Waals surface area contributed by atoms with Gasteiger partial charge in [-0.25, -0.2) is 0 Å². The number of piperidine rings is 1. The monoisotopic (exact) mass is 395 g/mol. The van der Waals surface area contributed by atoms with Gasteiger partial charge in [-0.15, -0.1) is 0 Å². The summed E-state index contributed by atoms with van der Waals surface area (Å²) < 4.78 is 11.0. The minimum atomic E-state index is -0.0106. The van der Waals surface area contributed by atoms with Crippen molar-refractivity contribution in [1.82, 2.24) is 10.2 Å². The molecule has 1 fully saturated rings. The van der Waals surface area contributed by atoms with Crippen LogP contribution in [0.25, 0.3) is 0 Å². The minimum Gasteiger partial charge on any atom is -0.385 e. The van der Waals surface area contributed by atoms with Gasteiger partial charge in [-0.1, -0.05) is 37.6 Å². The Bertz CT molecular complexity index is 582. The van der Waals surface area contributed by atoms with Gasteiger partial charge in [-0.2, -0.15) is 0 Å². The van der Waals surface area contributed by atoms with E-state index in [0.29, 0.717) is 6.10 Å². The van der Waals surface area contributed by atoms with E-state index in [1.165, 1.54) is 5.56 Å². The van der Waals surface area contributed by atoms with Crippen molar-refractivity contribution in [3.05, 3.63) is 34.9 Å². The van der Waals surface area contributed by atoms with Crippen molar-refractivity contribution in [3.8, 4) is 0 Å². The third-order valence-corrected chi connectivity index (χ3v) is 5.37. The van der Waals surface area contributed by atoms with Gasteiger partial charge in [0, 0.05) is 57.4 Å². The topological polar surface area (TPSA) is 46.1 Å². The standard InChI is InChI=1S/C21H34ClN3O2/c1-21(2,17-6-8-18(22)9-7-17)16-24-20(23-3)25-12-10-19(11-13-25)27-15-5-14-26-4/h6-9,19H,5,10-16H2,1-4H3,(H,23,24). The maximum Gasteiger partial charge on any atom is 0.193 e. The molecule has 0 aliphatic carbocycles. The van der Waals surface area contributed by atoms with Crippen LogP contribution in [-0.2, 0) is 14.9 Å². The van der Waals surface area contributed by atoms with E-state index in [4.69, 9.17) is 21.1 Å². The predicted octanol–water partition coefficient (Wildman–Crippen LogP) is 3.71. The summed E-state index contributed by atoms with van der Waals surface area (Å²) in [5, 5.41) is 4.32. The number of hydrogen-bond acceptors (Lipinski definition) is 3. The fourth-order valence-electron chi connectivity index (χ4n) is 3.32. The van der Waals surface area contributed by atoms with Crippen LogP contribution in [0.2, 0.25) is 5.02 Å². The van der Waals surface area contributed by atoms with E-state index < -0.39 is 0 Å². The van der Waals surface area contributed by atoms with E-state index in [0.717, 1.165) is 63.1 Å². The Morgan fingerprint density at radius 3 is 2.48 bits per heavy atom. The van der Waals surface area contributed by atoms with Crippen LogP contribution in [-0.4, -0.2) is 64.0 Å². The normalized spacial score (nSPS) is 16.6. The molecular formula is C21H34ClN3O2. The second-order valence-corrected chi connectivity index (χ2v) is 8.13. The number of nitrogens with zero attached hydrogens (tertiary/aromatic N) is 2. The van der Waals surface area contributed by atoms with Gasteiger partial charge in [0.25, 0.3) is 0 Å². The molecule has 6 heteroatoms. The van der Waals surface area contributed by atoms with E-state index in [1.807, 2.05) is 19.2 Å². The van der Waals surface area contributed by atoms with Gasteiger partial charge in [0.1, 0.15) is 0 Å². The molecule has 0 saturated carbocycles. The molecule has 1 aliphatic heterocycles. The van der Waals surface area contributed by atoms with Gasteiger partial charge in [0.2, 0.25) is 0 Å². The van der Waals surface area contributed by atoms with Crippen molar-refractivity contribution in [2.24, 2.45) is 4.99 Å². The molecule has 5 nitrogen and oxygen atoms in total. The number of aliphatic imine (C=N–C) groups is 1. The first-order chi connectivity index (χ1) is 13.0. The van der Waals surface area contributed by atoms with Crippen molar-refractivity contribution in [2.45, 2.75) is 44.6 Å². The zero-order chi connectivity index (χ0) is 19.7. The van der Waals surface area contributed by atoms with Crippen LogP contribution in [0.5, 0.6) is 0 Å². The summed E-state index contributed by atoms with van der Waals surface area (Å²) in [6.45, 7) is 8.76. The third-order valence-electron chi connectivity index (χ3n) is 5.11. The molecule has 0 amide bonds. The van der Waals surface area contributed by atoms with Gasteiger partial charge >= 0.3 is 0 Å². The van der Waals surface area contributed by atoms with Crippen LogP contribution in [0, 0.1) is 0 Å². The molecule has 0 unspecified atom stereocenters. The number of benzene rings is 1. The Balaban J connectivity index is 1.79. The molecule has 2 rings (SSSR count). The molecule has 1 aromatic carbocycles. The number of rotatable bonds is 8.